The number of para-hydroxylation sites is 2. The molecule has 6 nitrogen and oxygen atoms in total. The van der Waals surface area contributed by atoms with Gasteiger partial charge in [0.15, 0.2) is 0 Å². The van der Waals surface area contributed by atoms with E-state index in [-0.39, 0.29) is 24.4 Å². The van der Waals surface area contributed by atoms with E-state index < -0.39 is 5.54 Å². The fourth-order valence-electron chi connectivity index (χ4n) is 3.65. The van der Waals surface area contributed by atoms with Crippen LogP contribution >= 0.6 is 0 Å². The van der Waals surface area contributed by atoms with Crippen LogP contribution in [0.5, 0.6) is 0 Å². The molecule has 2 N–H and O–H groups in total. The minimum atomic E-state index is -1.000. The quantitative estimate of drug-likeness (QED) is 0.697. The fourth-order valence-corrected chi connectivity index (χ4v) is 3.65. The second kappa shape index (κ2) is 7.56. The van der Waals surface area contributed by atoms with Crippen molar-refractivity contribution in [3.63, 3.8) is 0 Å². The summed E-state index contributed by atoms with van der Waals surface area (Å²) in [7, 11) is 0. The van der Waals surface area contributed by atoms with Gasteiger partial charge in [-0.25, -0.2) is 0 Å². The summed E-state index contributed by atoms with van der Waals surface area (Å²) < 4.78 is 5.59. The van der Waals surface area contributed by atoms with Gasteiger partial charge in [-0.1, -0.05) is 42.5 Å². The zero-order valence-corrected chi connectivity index (χ0v) is 16.4. The van der Waals surface area contributed by atoms with Gasteiger partial charge in [-0.2, -0.15) is 0 Å². The highest BCUT2D eigenvalue weighted by Gasteiger charge is 2.43. The van der Waals surface area contributed by atoms with E-state index in [0.717, 1.165) is 11.3 Å². The Morgan fingerprint density at radius 1 is 1.07 bits per heavy atom. The van der Waals surface area contributed by atoms with Crippen LogP contribution in [-0.2, 0) is 9.59 Å². The van der Waals surface area contributed by atoms with Crippen molar-refractivity contribution in [3.8, 4) is 0 Å². The van der Waals surface area contributed by atoms with Crippen molar-refractivity contribution in [1.82, 2.24) is 5.32 Å². The molecule has 0 bridgehead atoms. The van der Waals surface area contributed by atoms with Gasteiger partial charge in [-0.3, -0.25) is 19.8 Å². The van der Waals surface area contributed by atoms with Gasteiger partial charge >= 0.3 is 0 Å². The molecule has 1 aliphatic rings. The van der Waals surface area contributed by atoms with E-state index >= 15 is 0 Å². The van der Waals surface area contributed by atoms with E-state index in [2.05, 4.69) is 10.6 Å². The first-order valence-electron chi connectivity index (χ1n) is 9.54. The molecule has 0 saturated heterocycles. The van der Waals surface area contributed by atoms with Crippen molar-refractivity contribution in [1.29, 1.82) is 0 Å². The van der Waals surface area contributed by atoms with Gasteiger partial charge in [-0.15, -0.1) is 0 Å². The summed E-state index contributed by atoms with van der Waals surface area (Å²) in [6.07, 6.45) is 1.61. The average molecular weight is 389 g/mol. The summed E-state index contributed by atoms with van der Waals surface area (Å²) in [6.45, 7) is 3.54. The van der Waals surface area contributed by atoms with Crippen molar-refractivity contribution in [2.75, 3.05) is 16.8 Å². The Kier molecular flexibility index (Phi) is 4.94. The maximum absolute atomic E-state index is 13.3. The predicted molar refractivity (Wildman–Crippen MR) is 112 cm³/mol. The Balaban J connectivity index is 1.60. The Bertz CT molecular complexity index is 1010. The van der Waals surface area contributed by atoms with E-state index in [4.69, 9.17) is 4.42 Å². The van der Waals surface area contributed by atoms with Crippen LogP contribution < -0.4 is 15.5 Å². The number of carbonyl (C=O) groups excluding carboxylic acids is 2. The minimum absolute atomic E-state index is 0.0469. The van der Waals surface area contributed by atoms with Gasteiger partial charge in [0.05, 0.1) is 30.2 Å². The number of furan rings is 1. The zero-order chi connectivity index (χ0) is 20.4. The summed E-state index contributed by atoms with van der Waals surface area (Å²) in [5.74, 6) is 0.319. The average Bonchev–Trinajstić information content (AvgIpc) is 3.24. The number of carbonyl (C=O) groups is 2. The fraction of sp³-hybridized carbons (Fsp3) is 0.217. The van der Waals surface area contributed by atoms with Crippen molar-refractivity contribution in [2.24, 2.45) is 0 Å². The van der Waals surface area contributed by atoms with E-state index in [9.17, 15) is 9.59 Å². The number of rotatable bonds is 5. The highest BCUT2D eigenvalue weighted by Crippen LogP contribution is 2.36. The van der Waals surface area contributed by atoms with Crippen LogP contribution in [0.2, 0.25) is 0 Å². The number of fused-ring (bicyclic) bond motifs is 1. The molecule has 1 aliphatic heterocycles. The Labute approximate surface area is 169 Å². The van der Waals surface area contributed by atoms with Crippen molar-refractivity contribution >= 4 is 23.2 Å². The third-order valence-electron chi connectivity index (χ3n) is 5.18. The molecule has 0 radical (unpaired) electrons. The summed E-state index contributed by atoms with van der Waals surface area (Å²) in [5.41, 5.74) is 1.32. The van der Waals surface area contributed by atoms with E-state index in [0.29, 0.717) is 11.4 Å². The van der Waals surface area contributed by atoms with E-state index in [1.165, 1.54) is 0 Å². The van der Waals surface area contributed by atoms with Crippen LogP contribution in [0.15, 0.2) is 77.4 Å². The number of hydrogen-bond donors (Lipinski definition) is 2. The normalized spacial score (nSPS) is 16.1. The van der Waals surface area contributed by atoms with Gasteiger partial charge in [0, 0.05) is 0 Å². The first-order chi connectivity index (χ1) is 14.0. The lowest BCUT2D eigenvalue weighted by molar-refractivity contribution is -0.126. The molecule has 2 aromatic carbocycles. The monoisotopic (exact) mass is 389 g/mol. The number of nitrogens with zero attached hydrogens (tertiary/aromatic N) is 1. The summed E-state index contributed by atoms with van der Waals surface area (Å²) in [5, 5.41) is 6.18. The molecule has 0 unspecified atom stereocenters. The molecule has 2 heterocycles. The standard InChI is InChI=1S/C23H23N3O3/c1-23(2)22(28)25-17-11-6-7-12-18(17)26(23)20(27)15-24-21(19-13-8-14-29-19)16-9-4-3-5-10-16/h3-14,21,24H,15H2,1-2H3,(H,25,28)/t21-/m0/s1. The van der Waals surface area contributed by atoms with Crippen molar-refractivity contribution < 1.29 is 14.0 Å². The van der Waals surface area contributed by atoms with Crippen LogP contribution in [0.3, 0.4) is 0 Å². The largest absolute Gasteiger partial charge is 0.467 e. The van der Waals surface area contributed by atoms with Crippen molar-refractivity contribution in [3.05, 3.63) is 84.3 Å². The molecule has 0 aliphatic carbocycles. The second-order valence-electron chi connectivity index (χ2n) is 7.50. The van der Waals surface area contributed by atoms with Gasteiger partial charge in [0.2, 0.25) is 11.8 Å². The number of hydrogen-bond acceptors (Lipinski definition) is 4. The molecule has 1 atom stereocenters. The maximum atomic E-state index is 13.3. The molecular weight excluding hydrogens is 366 g/mol. The van der Waals surface area contributed by atoms with Gasteiger partial charge in [-0.05, 0) is 43.7 Å². The molecule has 0 spiro atoms. The smallest absolute Gasteiger partial charge is 0.250 e. The molecule has 3 aromatic rings. The topological polar surface area (TPSA) is 74.6 Å². The third-order valence-corrected chi connectivity index (χ3v) is 5.18. The second-order valence-corrected chi connectivity index (χ2v) is 7.50. The minimum Gasteiger partial charge on any atom is -0.467 e. The van der Waals surface area contributed by atoms with E-state index in [1.807, 2.05) is 60.7 Å². The van der Waals surface area contributed by atoms with Crippen LogP contribution in [0.25, 0.3) is 0 Å². The first kappa shape index (κ1) is 19.0. The Morgan fingerprint density at radius 2 is 1.79 bits per heavy atom. The Morgan fingerprint density at radius 3 is 2.52 bits per heavy atom. The molecular formula is C23H23N3O3. The summed E-state index contributed by atoms with van der Waals surface area (Å²) in [6, 6.07) is 20.6. The van der Waals surface area contributed by atoms with Crippen LogP contribution in [0.1, 0.15) is 31.2 Å². The Hall–Kier alpha value is -3.38. The number of nitrogens with one attached hydrogen (secondary N) is 2. The molecule has 1 aromatic heterocycles. The molecule has 4 rings (SSSR count). The number of amides is 2. The number of anilines is 2. The lowest BCUT2D eigenvalue weighted by Gasteiger charge is -2.42. The lowest BCUT2D eigenvalue weighted by Crippen LogP contribution is -2.60. The summed E-state index contributed by atoms with van der Waals surface area (Å²) >= 11 is 0. The lowest BCUT2D eigenvalue weighted by atomic mass is 9.96. The maximum Gasteiger partial charge on any atom is 0.250 e. The summed E-state index contributed by atoms with van der Waals surface area (Å²) in [4.78, 5) is 27.4. The SMILES string of the molecule is CC1(C)C(=O)Nc2ccccc2N1C(=O)CN[C@@H](c1ccccc1)c1ccco1. The molecule has 6 heteroatoms. The van der Waals surface area contributed by atoms with Gasteiger partial charge < -0.3 is 9.73 Å². The van der Waals surface area contributed by atoms with Crippen LogP contribution in [-0.4, -0.2) is 23.9 Å². The molecule has 29 heavy (non-hydrogen) atoms. The zero-order valence-electron chi connectivity index (χ0n) is 16.4. The van der Waals surface area contributed by atoms with E-state index in [1.54, 1.807) is 31.1 Å². The molecule has 2 amide bonds. The highest BCUT2D eigenvalue weighted by atomic mass is 16.3. The van der Waals surface area contributed by atoms with Crippen LogP contribution in [0, 0.1) is 0 Å². The highest BCUT2D eigenvalue weighted by molar-refractivity contribution is 6.14. The first-order valence-corrected chi connectivity index (χ1v) is 9.54. The van der Waals surface area contributed by atoms with Gasteiger partial charge in [0.1, 0.15) is 11.3 Å². The van der Waals surface area contributed by atoms with Crippen molar-refractivity contribution in [2.45, 2.75) is 25.4 Å². The number of benzene rings is 2. The van der Waals surface area contributed by atoms with Gasteiger partial charge in [0.25, 0.3) is 0 Å². The third kappa shape index (κ3) is 3.54. The predicted octanol–water partition coefficient (Wildman–Crippen LogP) is 3.72. The molecule has 148 valence electrons. The molecule has 0 fully saturated rings. The molecule has 0 saturated carbocycles. The van der Waals surface area contributed by atoms with Crippen LogP contribution in [0.4, 0.5) is 11.4 Å².